The van der Waals surface area contributed by atoms with Crippen LogP contribution in [0.3, 0.4) is 0 Å². The largest absolute Gasteiger partial charge is 0.508 e. The maximum atomic E-state index is 13.6. The van der Waals surface area contributed by atoms with Gasteiger partial charge in [-0.25, -0.2) is 4.99 Å². The Labute approximate surface area is 200 Å². The first-order valence-corrected chi connectivity index (χ1v) is 11.8. The van der Waals surface area contributed by atoms with E-state index in [9.17, 15) is 9.90 Å². The van der Waals surface area contributed by atoms with Gasteiger partial charge < -0.3 is 10.8 Å². The smallest absolute Gasteiger partial charge is 0.261 e. The van der Waals surface area contributed by atoms with Crippen molar-refractivity contribution in [1.82, 2.24) is 9.80 Å². The summed E-state index contributed by atoms with van der Waals surface area (Å²) in [7, 11) is 0. The van der Waals surface area contributed by atoms with Crippen LogP contribution in [0.15, 0.2) is 83.9 Å². The van der Waals surface area contributed by atoms with Crippen LogP contribution in [-0.4, -0.2) is 46.4 Å². The second kappa shape index (κ2) is 8.95. The lowest BCUT2D eigenvalue weighted by molar-refractivity contribution is -0.131. The normalized spacial score (nSPS) is 22.9. The molecular weight excluding hydrogens is 424 g/mol. The Morgan fingerprint density at radius 3 is 2.53 bits per heavy atom. The van der Waals surface area contributed by atoms with Crippen molar-refractivity contribution in [2.45, 2.75) is 25.4 Å². The highest BCUT2D eigenvalue weighted by atomic mass is 16.3. The van der Waals surface area contributed by atoms with E-state index in [1.54, 1.807) is 23.1 Å². The summed E-state index contributed by atoms with van der Waals surface area (Å²) in [5.74, 6) is 0.774. The van der Waals surface area contributed by atoms with Crippen molar-refractivity contribution in [3.63, 3.8) is 0 Å². The van der Waals surface area contributed by atoms with Crippen LogP contribution < -0.4 is 5.73 Å². The topological polar surface area (TPSA) is 82.2 Å². The summed E-state index contributed by atoms with van der Waals surface area (Å²) in [4.78, 5) is 22.3. The summed E-state index contributed by atoms with van der Waals surface area (Å²) < 4.78 is 0. The molecule has 1 amide bonds. The number of amides is 1. The standard InChI is InChI=1S/C28H30N4O2/c1-28(24-11-5-9-22(15-24)23-10-6-12-25(33)16-23)26(34)32(27(29)30-28)19-21-13-14-31(18-21)17-20-7-3-2-4-8-20/h2-12,15-16,21,33H,13-14,17-19H2,1H3,(H2,29,30)/t21-,28?/m0/s1. The molecule has 0 aromatic heterocycles. The zero-order chi connectivity index (χ0) is 23.7. The monoisotopic (exact) mass is 454 g/mol. The summed E-state index contributed by atoms with van der Waals surface area (Å²) in [5, 5.41) is 9.85. The summed E-state index contributed by atoms with van der Waals surface area (Å²) in [6.07, 6.45) is 1.04. The number of nitrogens with zero attached hydrogens (tertiary/aromatic N) is 3. The second-order valence-corrected chi connectivity index (χ2v) is 9.46. The lowest BCUT2D eigenvalue weighted by atomic mass is 9.89. The third-order valence-electron chi connectivity index (χ3n) is 6.94. The van der Waals surface area contributed by atoms with Gasteiger partial charge >= 0.3 is 0 Å². The van der Waals surface area contributed by atoms with Gasteiger partial charge in [0.1, 0.15) is 5.75 Å². The predicted molar refractivity (Wildman–Crippen MR) is 134 cm³/mol. The van der Waals surface area contributed by atoms with E-state index in [0.29, 0.717) is 12.5 Å². The van der Waals surface area contributed by atoms with E-state index in [1.165, 1.54) is 5.56 Å². The van der Waals surface area contributed by atoms with E-state index in [-0.39, 0.29) is 17.6 Å². The number of phenolic OH excluding ortho intramolecular Hbond substituents is 1. The number of nitrogens with two attached hydrogens (primary N) is 1. The molecule has 5 rings (SSSR count). The predicted octanol–water partition coefficient (Wildman–Crippen LogP) is 3.95. The second-order valence-electron chi connectivity index (χ2n) is 9.46. The van der Waals surface area contributed by atoms with E-state index >= 15 is 0 Å². The lowest BCUT2D eigenvalue weighted by Crippen LogP contribution is -2.44. The van der Waals surface area contributed by atoms with Crippen molar-refractivity contribution in [3.8, 4) is 16.9 Å². The number of guanidine groups is 1. The first-order chi connectivity index (χ1) is 16.4. The average molecular weight is 455 g/mol. The number of carbonyl (C=O) groups excluding carboxylic acids is 1. The molecule has 2 atom stereocenters. The molecule has 2 aliphatic heterocycles. The fourth-order valence-electron chi connectivity index (χ4n) is 5.06. The fourth-order valence-corrected chi connectivity index (χ4v) is 5.06. The molecule has 0 bridgehead atoms. The molecule has 6 heteroatoms. The Hall–Kier alpha value is -3.64. The number of carbonyl (C=O) groups is 1. The molecular formula is C28H30N4O2. The SMILES string of the molecule is CC1(c2cccc(-c3cccc(O)c3)c2)N=C(N)N(C[C@H]2CCN(Cc3ccccc3)C2)C1=O. The number of benzene rings is 3. The molecule has 1 fully saturated rings. The van der Waals surface area contributed by atoms with Crippen molar-refractivity contribution < 1.29 is 9.90 Å². The van der Waals surface area contributed by atoms with Crippen LogP contribution in [0.2, 0.25) is 0 Å². The molecule has 0 radical (unpaired) electrons. The minimum absolute atomic E-state index is 0.0837. The Kier molecular flexibility index (Phi) is 5.84. The zero-order valence-electron chi connectivity index (χ0n) is 19.4. The van der Waals surface area contributed by atoms with Crippen molar-refractivity contribution in [2.24, 2.45) is 16.6 Å². The average Bonchev–Trinajstić information content (AvgIpc) is 3.37. The van der Waals surface area contributed by atoms with Crippen LogP contribution in [-0.2, 0) is 16.9 Å². The van der Waals surface area contributed by atoms with Crippen molar-refractivity contribution >= 4 is 11.9 Å². The number of phenols is 1. The third-order valence-corrected chi connectivity index (χ3v) is 6.94. The van der Waals surface area contributed by atoms with E-state index in [1.807, 2.05) is 43.3 Å². The molecule has 2 aliphatic rings. The van der Waals surface area contributed by atoms with Gasteiger partial charge in [-0.1, -0.05) is 60.7 Å². The Bertz CT molecular complexity index is 1230. The third kappa shape index (κ3) is 4.29. The number of likely N-dealkylation sites (tertiary alicyclic amines) is 1. The highest BCUT2D eigenvalue weighted by molar-refractivity contribution is 6.07. The number of hydrogen-bond acceptors (Lipinski definition) is 5. The van der Waals surface area contributed by atoms with Gasteiger partial charge in [-0.2, -0.15) is 0 Å². The van der Waals surface area contributed by atoms with Gasteiger partial charge in [0.2, 0.25) is 0 Å². The van der Waals surface area contributed by atoms with E-state index < -0.39 is 5.54 Å². The molecule has 34 heavy (non-hydrogen) atoms. The Morgan fingerprint density at radius 2 is 1.76 bits per heavy atom. The van der Waals surface area contributed by atoms with E-state index in [4.69, 9.17) is 5.73 Å². The summed E-state index contributed by atoms with van der Waals surface area (Å²) in [5.41, 5.74) is 9.14. The fraction of sp³-hybridized carbons (Fsp3) is 0.286. The molecule has 1 saturated heterocycles. The molecule has 3 N–H and O–H groups in total. The summed E-state index contributed by atoms with van der Waals surface area (Å²) in [6.45, 7) is 5.30. The van der Waals surface area contributed by atoms with Gasteiger partial charge in [-0.05, 0) is 66.3 Å². The highest BCUT2D eigenvalue weighted by Crippen LogP contribution is 2.36. The van der Waals surface area contributed by atoms with E-state index in [0.717, 1.165) is 42.7 Å². The molecule has 0 spiro atoms. The van der Waals surface area contributed by atoms with Crippen LogP contribution in [0.4, 0.5) is 0 Å². The number of hydrogen-bond donors (Lipinski definition) is 2. The van der Waals surface area contributed by atoms with Crippen LogP contribution in [0.5, 0.6) is 5.75 Å². The molecule has 1 unspecified atom stereocenters. The Morgan fingerprint density at radius 1 is 1.03 bits per heavy atom. The molecule has 0 aliphatic carbocycles. The Balaban J connectivity index is 1.30. The number of rotatable bonds is 6. The molecule has 0 saturated carbocycles. The van der Waals surface area contributed by atoms with Crippen LogP contribution >= 0.6 is 0 Å². The minimum atomic E-state index is -1.06. The van der Waals surface area contributed by atoms with Gasteiger partial charge in [-0.15, -0.1) is 0 Å². The quantitative estimate of drug-likeness (QED) is 0.591. The van der Waals surface area contributed by atoms with Crippen LogP contribution in [0.1, 0.15) is 24.5 Å². The van der Waals surface area contributed by atoms with Crippen LogP contribution in [0, 0.1) is 5.92 Å². The van der Waals surface area contributed by atoms with Gasteiger partial charge in [0.05, 0.1) is 0 Å². The number of aliphatic imine (C=N–C) groups is 1. The molecule has 3 aromatic rings. The molecule has 3 aromatic carbocycles. The highest BCUT2D eigenvalue weighted by Gasteiger charge is 2.46. The summed E-state index contributed by atoms with van der Waals surface area (Å²) >= 11 is 0. The summed E-state index contributed by atoms with van der Waals surface area (Å²) in [6, 6.07) is 25.3. The van der Waals surface area contributed by atoms with Crippen molar-refractivity contribution in [3.05, 3.63) is 90.0 Å². The molecule has 174 valence electrons. The van der Waals surface area contributed by atoms with Gasteiger partial charge in [-0.3, -0.25) is 14.6 Å². The molecule has 2 heterocycles. The van der Waals surface area contributed by atoms with Gasteiger partial charge in [0, 0.05) is 19.6 Å². The molecule has 6 nitrogen and oxygen atoms in total. The van der Waals surface area contributed by atoms with Gasteiger partial charge in [0.15, 0.2) is 11.5 Å². The first kappa shape index (κ1) is 22.2. The maximum absolute atomic E-state index is 13.6. The van der Waals surface area contributed by atoms with E-state index in [2.05, 4.69) is 34.2 Å². The number of aromatic hydroxyl groups is 1. The van der Waals surface area contributed by atoms with Crippen LogP contribution in [0.25, 0.3) is 11.1 Å². The van der Waals surface area contributed by atoms with Crippen molar-refractivity contribution in [2.75, 3.05) is 19.6 Å². The van der Waals surface area contributed by atoms with Gasteiger partial charge in [0.25, 0.3) is 5.91 Å². The minimum Gasteiger partial charge on any atom is -0.508 e. The van der Waals surface area contributed by atoms with Crippen molar-refractivity contribution in [1.29, 1.82) is 0 Å². The lowest BCUT2D eigenvalue weighted by Gasteiger charge is -2.25. The zero-order valence-corrected chi connectivity index (χ0v) is 19.4. The first-order valence-electron chi connectivity index (χ1n) is 11.8. The maximum Gasteiger partial charge on any atom is 0.261 e.